The average Bonchev–Trinajstić information content (AvgIpc) is 2.48. The maximum Gasteiger partial charge on any atom is 0.0580 e. The monoisotopic (exact) mass is 249 g/mol. The second-order valence-corrected chi connectivity index (χ2v) is 4.43. The van der Waals surface area contributed by atoms with E-state index in [0.29, 0.717) is 0 Å². The van der Waals surface area contributed by atoms with Gasteiger partial charge in [-0.1, -0.05) is 60.4 Å². The first-order valence-electron chi connectivity index (χ1n) is 6.74. The molecule has 1 nitrogen and oxygen atoms in total. The normalized spacial score (nSPS) is 9.68. The summed E-state index contributed by atoms with van der Waals surface area (Å²) in [6.07, 6.45) is 2.27. The standard InChI is InChI=1S/C18H19N/c1-3-9-17(10-4-1)13-7-15-19-16-8-14-18-11-5-2-6-12-18/h1-6,9-12,19H,7,13,15-16H2. The molecule has 0 aromatic heterocycles. The van der Waals surface area contributed by atoms with E-state index in [4.69, 9.17) is 0 Å². The molecule has 0 saturated heterocycles. The summed E-state index contributed by atoms with van der Waals surface area (Å²) in [5.41, 5.74) is 2.48. The van der Waals surface area contributed by atoms with E-state index in [1.165, 1.54) is 5.56 Å². The van der Waals surface area contributed by atoms with Crippen LogP contribution in [0.5, 0.6) is 0 Å². The third kappa shape index (κ3) is 5.42. The van der Waals surface area contributed by atoms with Crippen LogP contribution in [0.3, 0.4) is 0 Å². The number of rotatable bonds is 5. The van der Waals surface area contributed by atoms with Gasteiger partial charge in [0.25, 0.3) is 0 Å². The Morgan fingerprint density at radius 1 is 0.842 bits per heavy atom. The minimum Gasteiger partial charge on any atom is -0.306 e. The first-order chi connectivity index (χ1) is 9.45. The molecule has 0 unspecified atom stereocenters. The van der Waals surface area contributed by atoms with Gasteiger partial charge < -0.3 is 5.32 Å². The molecule has 0 amide bonds. The summed E-state index contributed by atoms with van der Waals surface area (Å²) < 4.78 is 0. The van der Waals surface area contributed by atoms with Crippen molar-refractivity contribution in [1.29, 1.82) is 0 Å². The second-order valence-electron chi connectivity index (χ2n) is 4.43. The summed E-state index contributed by atoms with van der Waals surface area (Å²) in [5.74, 6) is 6.28. The highest BCUT2D eigenvalue weighted by atomic mass is 14.8. The number of hydrogen-bond acceptors (Lipinski definition) is 1. The predicted octanol–water partition coefficient (Wildman–Crippen LogP) is 3.26. The fourth-order valence-corrected chi connectivity index (χ4v) is 1.88. The van der Waals surface area contributed by atoms with Gasteiger partial charge in [0.05, 0.1) is 6.54 Å². The van der Waals surface area contributed by atoms with Gasteiger partial charge in [-0.05, 0) is 37.1 Å². The average molecular weight is 249 g/mol. The molecule has 0 heterocycles. The van der Waals surface area contributed by atoms with Gasteiger partial charge in [0.1, 0.15) is 0 Å². The van der Waals surface area contributed by atoms with Crippen LogP contribution in [-0.4, -0.2) is 13.1 Å². The first-order valence-corrected chi connectivity index (χ1v) is 6.74. The quantitative estimate of drug-likeness (QED) is 0.633. The third-order valence-electron chi connectivity index (χ3n) is 2.88. The van der Waals surface area contributed by atoms with Crippen LogP contribution in [0.4, 0.5) is 0 Å². The zero-order chi connectivity index (χ0) is 13.2. The maximum atomic E-state index is 3.35. The van der Waals surface area contributed by atoms with Crippen molar-refractivity contribution in [3.05, 3.63) is 71.8 Å². The third-order valence-corrected chi connectivity index (χ3v) is 2.88. The maximum absolute atomic E-state index is 3.35. The van der Waals surface area contributed by atoms with Crippen LogP contribution in [0.15, 0.2) is 60.7 Å². The molecule has 19 heavy (non-hydrogen) atoms. The number of hydrogen-bond donors (Lipinski definition) is 1. The minimum atomic E-state index is 0.754. The zero-order valence-electron chi connectivity index (χ0n) is 11.1. The molecule has 0 aliphatic carbocycles. The van der Waals surface area contributed by atoms with Crippen molar-refractivity contribution in [2.75, 3.05) is 13.1 Å². The Hall–Kier alpha value is -2.04. The van der Waals surface area contributed by atoms with E-state index < -0.39 is 0 Å². The Morgan fingerprint density at radius 2 is 1.53 bits per heavy atom. The van der Waals surface area contributed by atoms with Crippen LogP contribution < -0.4 is 5.32 Å². The van der Waals surface area contributed by atoms with Crippen LogP contribution in [0.1, 0.15) is 17.5 Å². The molecular weight excluding hydrogens is 230 g/mol. The fraction of sp³-hybridized carbons (Fsp3) is 0.222. The highest BCUT2D eigenvalue weighted by Crippen LogP contribution is 2.01. The molecule has 0 spiro atoms. The second kappa shape index (κ2) is 8.13. The first kappa shape index (κ1) is 13.4. The van der Waals surface area contributed by atoms with Crippen molar-refractivity contribution in [2.45, 2.75) is 12.8 Å². The van der Waals surface area contributed by atoms with Crippen molar-refractivity contribution in [2.24, 2.45) is 0 Å². The van der Waals surface area contributed by atoms with Crippen molar-refractivity contribution in [1.82, 2.24) is 5.32 Å². The van der Waals surface area contributed by atoms with Crippen molar-refractivity contribution >= 4 is 0 Å². The summed E-state index contributed by atoms with van der Waals surface area (Å²) in [6, 6.07) is 20.7. The lowest BCUT2D eigenvalue weighted by Gasteiger charge is -2.01. The molecule has 2 aromatic carbocycles. The van der Waals surface area contributed by atoms with E-state index in [1.807, 2.05) is 30.3 Å². The Bertz CT molecular complexity index is 520. The van der Waals surface area contributed by atoms with Gasteiger partial charge >= 0.3 is 0 Å². The molecule has 0 radical (unpaired) electrons. The molecule has 2 aromatic rings. The van der Waals surface area contributed by atoms with E-state index in [-0.39, 0.29) is 0 Å². The molecular formula is C18H19N. The van der Waals surface area contributed by atoms with Gasteiger partial charge in [-0.3, -0.25) is 0 Å². The number of nitrogens with one attached hydrogen (secondary N) is 1. The molecule has 0 aliphatic rings. The SMILES string of the molecule is C(#Cc1ccccc1)CNCCCc1ccccc1. The van der Waals surface area contributed by atoms with Crippen LogP contribution in [0.25, 0.3) is 0 Å². The lowest BCUT2D eigenvalue weighted by molar-refractivity contribution is 0.698. The summed E-state index contributed by atoms with van der Waals surface area (Å²) in [4.78, 5) is 0. The Balaban J connectivity index is 1.59. The lowest BCUT2D eigenvalue weighted by Crippen LogP contribution is -2.15. The van der Waals surface area contributed by atoms with Crippen LogP contribution in [0, 0.1) is 11.8 Å². The number of aryl methyl sites for hydroxylation is 1. The van der Waals surface area contributed by atoms with E-state index >= 15 is 0 Å². The highest BCUT2D eigenvalue weighted by molar-refractivity contribution is 5.33. The zero-order valence-corrected chi connectivity index (χ0v) is 11.1. The Labute approximate surface area is 115 Å². The smallest absolute Gasteiger partial charge is 0.0580 e. The van der Waals surface area contributed by atoms with Gasteiger partial charge in [-0.25, -0.2) is 0 Å². The molecule has 1 N–H and O–H groups in total. The number of benzene rings is 2. The van der Waals surface area contributed by atoms with E-state index in [1.54, 1.807) is 0 Å². The summed E-state index contributed by atoms with van der Waals surface area (Å²) >= 11 is 0. The van der Waals surface area contributed by atoms with E-state index in [9.17, 15) is 0 Å². The Morgan fingerprint density at radius 3 is 2.26 bits per heavy atom. The molecule has 2 rings (SSSR count). The summed E-state index contributed by atoms with van der Waals surface area (Å²) in [5, 5.41) is 3.35. The van der Waals surface area contributed by atoms with Crippen molar-refractivity contribution < 1.29 is 0 Å². The molecule has 0 atom stereocenters. The largest absolute Gasteiger partial charge is 0.306 e. The van der Waals surface area contributed by atoms with Crippen LogP contribution in [-0.2, 0) is 6.42 Å². The molecule has 0 fully saturated rings. The molecule has 0 saturated carbocycles. The van der Waals surface area contributed by atoms with Gasteiger partial charge in [-0.2, -0.15) is 0 Å². The van der Waals surface area contributed by atoms with Crippen molar-refractivity contribution in [3.8, 4) is 11.8 Å². The van der Waals surface area contributed by atoms with Crippen LogP contribution >= 0.6 is 0 Å². The van der Waals surface area contributed by atoms with E-state index in [2.05, 4.69) is 47.5 Å². The van der Waals surface area contributed by atoms with Gasteiger partial charge in [0.15, 0.2) is 0 Å². The van der Waals surface area contributed by atoms with Crippen LogP contribution in [0.2, 0.25) is 0 Å². The van der Waals surface area contributed by atoms with Gasteiger partial charge in [0, 0.05) is 5.56 Å². The molecule has 0 bridgehead atoms. The highest BCUT2D eigenvalue weighted by Gasteiger charge is 1.90. The summed E-state index contributed by atoms with van der Waals surface area (Å²) in [6.45, 7) is 1.77. The van der Waals surface area contributed by atoms with Gasteiger partial charge in [0.2, 0.25) is 0 Å². The Kier molecular flexibility index (Phi) is 5.73. The fourth-order valence-electron chi connectivity index (χ4n) is 1.88. The topological polar surface area (TPSA) is 12.0 Å². The predicted molar refractivity (Wildman–Crippen MR) is 81.0 cm³/mol. The molecule has 1 heteroatoms. The van der Waals surface area contributed by atoms with E-state index in [0.717, 1.165) is 31.5 Å². The minimum absolute atomic E-state index is 0.754. The molecule has 0 aliphatic heterocycles. The van der Waals surface area contributed by atoms with Gasteiger partial charge in [-0.15, -0.1) is 0 Å². The summed E-state index contributed by atoms with van der Waals surface area (Å²) in [7, 11) is 0. The van der Waals surface area contributed by atoms with Crippen molar-refractivity contribution in [3.63, 3.8) is 0 Å². The lowest BCUT2D eigenvalue weighted by atomic mass is 10.1. The molecule has 96 valence electrons.